The van der Waals surface area contributed by atoms with Gasteiger partial charge in [0.05, 0.1) is 33.7 Å². The van der Waals surface area contributed by atoms with Gasteiger partial charge in [-0.25, -0.2) is 9.36 Å². The van der Waals surface area contributed by atoms with Crippen LogP contribution in [0.15, 0.2) is 11.6 Å². The van der Waals surface area contributed by atoms with Crippen molar-refractivity contribution in [2.45, 2.75) is 20.8 Å². The Morgan fingerprint density at radius 2 is 1.75 bits per heavy atom. The third-order valence-electron chi connectivity index (χ3n) is 2.45. The summed E-state index contributed by atoms with van der Waals surface area (Å²) < 4.78 is 20.9. The molecule has 0 radical (unpaired) electrons. The van der Waals surface area contributed by atoms with Crippen molar-refractivity contribution in [1.29, 1.82) is 0 Å². The van der Waals surface area contributed by atoms with Crippen LogP contribution in [0.5, 0.6) is 0 Å². The van der Waals surface area contributed by atoms with Gasteiger partial charge in [-0.15, -0.1) is 0 Å². The Kier molecular flexibility index (Phi) is 11.8. The topological polar surface area (TPSA) is 133 Å². The second kappa shape index (κ2) is 11.3. The SMILES string of the molecule is CC(C)/C(=C/C(=O)O)C(=O)[O-].CCOP(=O)(O)OCC[N+](C)(C)C. The summed E-state index contributed by atoms with van der Waals surface area (Å²) in [4.78, 5) is 29.3. The molecule has 0 aromatic rings. The lowest BCUT2D eigenvalue weighted by Crippen LogP contribution is -2.37. The second-order valence-electron chi connectivity index (χ2n) is 6.11. The first-order valence-electron chi connectivity index (χ1n) is 7.30. The Bertz CT molecular complexity index is 482. The summed E-state index contributed by atoms with van der Waals surface area (Å²) in [5.74, 6) is -3.03. The molecule has 10 heteroatoms. The van der Waals surface area contributed by atoms with Gasteiger partial charge in [0, 0.05) is 6.08 Å². The van der Waals surface area contributed by atoms with E-state index >= 15 is 0 Å². The van der Waals surface area contributed by atoms with E-state index in [0.717, 1.165) is 0 Å². The molecule has 1 atom stereocenters. The van der Waals surface area contributed by atoms with Crippen LogP contribution in [0.2, 0.25) is 0 Å². The third-order valence-corrected chi connectivity index (χ3v) is 3.54. The minimum absolute atomic E-state index is 0.179. The molecule has 0 amide bonds. The van der Waals surface area contributed by atoms with E-state index in [-0.39, 0.29) is 24.7 Å². The van der Waals surface area contributed by atoms with E-state index in [9.17, 15) is 19.3 Å². The molecule has 0 saturated heterocycles. The maximum absolute atomic E-state index is 11.0. The number of phosphoric ester groups is 1. The largest absolute Gasteiger partial charge is 0.545 e. The van der Waals surface area contributed by atoms with Crippen molar-refractivity contribution in [3.8, 4) is 0 Å². The average Bonchev–Trinajstić information content (AvgIpc) is 2.33. The van der Waals surface area contributed by atoms with Gasteiger partial charge in [0.25, 0.3) is 0 Å². The Balaban J connectivity index is 0. The highest BCUT2D eigenvalue weighted by atomic mass is 31.2. The number of hydrogen-bond donors (Lipinski definition) is 2. The number of carboxylic acid groups (broad SMARTS) is 2. The molecular weight excluding hydrogens is 341 g/mol. The van der Waals surface area contributed by atoms with Crippen molar-refractivity contribution < 1.29 is 42.8 Å². The normalized spacial score (nSPS) is 14.6. The predicted octanol–water partition coefficient (Wildman–Crippen LogP) is 0.249. The molecule has 0 aliphatic rings. The number of nitrogens with zero attached hydrogens (tertiary/aromatic N) is 1. The standard InChI is InChI=1S/C7H18NO4P.C7H10O4/c1-5-11-13(9,10)12-7-6-8(2,3)4;1-4(2)5(7(10)11)3-6(8)9/h5-7H2,1-4H3;3-4H,1-2H3,(H,8,9)(H,10,11)/b;5-3-. The van der Waals surface area contributed by atoms with Crippen LogP contribution in [0, 0.1) is 5.92 Å². The molecule has 0 aliphatic heterocycles. The smallest absolute Gasteiger partial charge is 0.472 e. The Morgan fingerprint density at radius 3 is 2.00 bits per heavy atom. The minimum atomic E-state index is -3.79. The highest BCUT2D eigenvalue weighted by Gasteiger charge is 2.21. The zero-order chi connectivity index (χ0) is 19.6. The van der Waals surface area contributed by atoms with Crippen LogP contribution < -0.4 is 5.11 Å². The molecule has 0 spiro atoms. The molecule has 0 aromatic heterocycles. The Labute approximate surface area is 142 Å². The van der Waals surface area contributed by atoms with E-state index in [0.29, 0.717) is 17.1 Å². The first kappa shape index (κ1) is 25.0. The van der Waals surface area contributed by atoms with Gasteiger partial charge < -0.3 is 24.4 Å². The van der Waals surface area contributed by atoms with Crippen molar-refractivity contribution in [2.24, 2.45) is 5.92 Å². The molecule has 1 unspecified atom stereocenters. The molecule has 9 nitrogen and oxygen atoms in total. The Hall–Kier alpha value is -1.25. The van der Waals surface area contributed by atoms with Crippen molar-refractivity contribution in [3.63, 3.8) is 0 Å². The molecule has 0 fully saturated rings. The van der Waals surface area contributed by atoms with E-state index < -0.39 is 19.8 Å². The number of aliphatic carboxylic acids is 2. The van der Waals surface area contributed by atoms with Crippen LogP contribution in [-0.2, 0) is 23.2 Å². The van der Waals surface area contributed by atoms with Crippen molar-refractivity contribution in [1.82, 2.24) is 0 Å². The third kappa shape index (κ3) is 15.6. The quantitative estimate of drug-likeness (QED) is 0.336. The fourth-order valence-electron chi connectivity index (χ4n) is 1.22. The predicted molar refractivity (Wildman–Crippen MR) is 85.9 cm³/mol. The summed E-state index contributed by atoms with van der Waals surface area (Å²) in [6, 6.07) is 0. The molecule has 0 aromatic carbocycles. The van der Waals surface area contributed by atoms with Crippen LogP contribution in [0.25, 0.3) is 0 Å². The molecule has 0 heterocycles. The number of carbonyl (C=O) groups is 2. The van der Waals surface area contributed by atoms with Crippen LogP contribution in [0.4, 0.5) is 0 Å². The van der Waals surface area contributed by atoms with Crippen molar-refractivity contribution in [3.05, 3.63) is 11.6 Å². The van der Waals surface area contributed by atoms with Gasteiger partial charge in [-0.05, 0) is 18.4 Å². The lowest BCUT2D eigenvalue weighted by molar-refractivity contribution is -0.870. The second-order valence-corrected chi connectivity index (χ2v) is 7.57. The average molecular weight is 369 g/mol. The molecule has 2 N–H and O–H groups in total. The fraction of sp³-hybridized carbons (Fsp3) is 0.714. The zero-order valence-electron chi connectivity index (χ0n) is 15.0. The number of hydrogen-bond acceptors (Lipinski definition) is 6. The molecule has 142 valence electrons. The summed E-state index contributed by atoms with van der Waals surface area (Å²) in [5, 5.41) is 18.4. The van der Waals surface area contributed by atoms with Gasteiger partial charge in [0.15, 0.2) is 0 Å². The van der Waals surface area contributed by atoms with Crippen LogP contribution in [0.3, 0.4) is 0 Å². The Morgan fingerprint density at radius 1 is 1.25 bits per heavy atom. The molecule has 0 aliphatic carbocycles. The number of rotatable bonds is 9. The van der Waals surface area contributed by atoms with E-state index in [2.05, 4.69) is 4.52 Å². The van der Waals surface area contributed by atoms with Gasteiger partial charge in [-0.1, -0.05) is 13.8 Å². The maximum Gasteiger partial charge on any atom is 0.472 e. The molecule has 0 rings (SSSR count). The number of quaternary nitrogens is 1. The maximum atomic E-state index is 11.0. The first-order chi connectivity index (χ1) is 10.7. The number of carboxylic acids is 2. The molecule has 0 bridgehead atoms. The zero-order valence-corrected chi connectivity index (χ0v) is 15.9. The van der Waals surface area contributed by atoms with Gasteiger partial charge in [-0.2, -0.15) is 0 Å². The minimum Gasteiger partial charge on any atom is -0.545 e. The lowest BCUT2D eigenvalue weighted by Gasteiger charge is -2.23. The first-order valence-corrected chi connectivity index (χ1v) is 8.79. The summed E-state index contributed by atoms with van der Waals surface area (Å²) in [5.41, 5.74) is -0.197. The van der Waals surface area contributed by atoms with E-state index in [4.69, 9.17) is 14.5 Å². The van der Waals surface area contributed by atoms with E-state index in [1.807, 2.05) is 21.1 Å². The van der Waals surface area contributed by atoms with Crippen LogP contribution in [0.1, 0.15) is 20.8 Å². The molecular formula is C14H28NO8P. The molecule has 0 saturated carbocycles. The monoisotopic (exact) mass is 369 g/mol. The molecule has 24 heavy (non-hydrogen) atoms. The van der Waals surface area contributed by atoms with E-state index in [1.165, 1.54) is 0 Å². The highest BCUT2D eigenvalue weighted by molar-refractivity contribution is 7.47. The van der Waals surface area contributed by atoms with Crippen LogP contribution in [-0.4, -0.2) is 67.3 Å². The van der Waals surface area contributed by atoms with Gasteiger partial charge in [0.1, 0.15) is 13.2 Å². The van der Waals surface area contributed by atoms with Crippen LogP contribution >= 0.6 is 7.82 Å². The summed E-state index contributed by atoms with van der Waals surface area (Å²) in [6.45, 7) is 5.88. The van der Waals surface area contributed by atoms with Gasteiger partial charge in [0.2, 0.25) is 0 Å². The number of likely N-dealkylation sites (N-methyl/N-ethyl adjacent to an activating group) is 1. The lowest BCUT2D eigenvalue weighted by atomic mass is 10.0. The summed E-state index contributed by atoms with van der Waals surface area (Å²) in [7, 11) is 2.15. The summed E-state index contributed by atoms with van der Waals surface area (Å²) in [6.07, 6.45) is 0.653. The summed E-state index contributed by atoms with van der Waals surface area (Å²) >= 11 is 0. The highest BCUT2D eigenvalue weighted by Crippen LogP contribution is 2.42. The fourth-order valence-corrected chi connectivity index (χ4v) is 1.94. The van der Waals surface area contributed by atoms with Gasteiger partial charge >= 0.3 is 13.8 Å². The number of carbonyl (C=O) groups excluding carboxylic acids is 1. The number of phosphoric acid groups is 1. The van der Waals surface area contributed by atoms with Crippen molar-refractivity contribution in [2.75, 3.05) is 40.9 Å². The van der Waals surface area contributed by atoms with E-state index in [1.54, 1.807) is 20.8 Å². The van der Waals surface area contributed by atoms with Crippen molar-refractivity contribution >= 4 is 19.8 Å². The van der Waals surface area contributed by atoms with Gasteiger partial charge in [-0.3, -0.25) is 9.05 Å².